The molecule has 0 saturated heterocycles. The van der Waals surface area contributed by atoms with Crippen LogP contribution in [-0.2, 0) is 11.2 Å². The van der Waals surface area contributed by atoms with Crippen molar-refractivity contribution in [3.63, 3.8) is 0 Å². The summed E-state index contributed by atoms with van der Waals surface area (Å²) in [5, 5.41) is 2.86. The Balaban J connectivity index is 1.64. The van der Waals surface area contributed by atoms with E-state index in [-0.39, 0.29) is 17.6 Å². The zero-order valence-electron chi connectivity index (χ0n) is 14.3. The molecule has 1 amide bonds. The van der Waals surface area contributed by atoms with Crippen molar-refractivity contribution in [1.82, 2.24) is 0 Å². The first-order chi connectivity index (χ1) is 12.2. The number of hydrogen-bond donors (Lipinski definition) is 1. The van der Waals surface area contributed by atoms with Crippen molar-refractivity contribution in [3.8, 4) is 5.75 Å². The largest absolute Gasteiger partial charge is 0.496 e. The molecule has 1 aliphatic carbocycles. The number of carbonyl (C=O) groups excluding carboxylic acids is 1. The lowest BCUT2D eigenvalue weighted by Gasteiger charge is -2.17. The summed E-state index contributed by atoms with van der Waals surface area (Å²) in [6.07, 6.45) is 5.48. The first-order valence-electron chi connectivity index (χ1n) is 8.93. The maximum absolute atomic E-state index is 13.6. The van der Waals surface area contributed by atoms with Gasteiger partial charge < -0.3 is 10.1 Å². The first-order valence-corrected chi connectivity index (χ1v) is 8.93. The number of carbonyl (C=O) groups is 1. The number of amides is 1. The second-order valence-electron chi connectivity index (χ2n) is 7.04. The van der Waals surface area contributed by atoms with Gasteiger partial charge in [-0.1, -0.05) is 25.0 Å². The van der Waals surface area contributed by atoms with Gasteiger partial charge in [-0.3, -0.25) is 4.79 Å². The van der Waals surface area contributed by atoms with Gasteiger partial charge in [0.1, 0.15) is 11.6 Å². The van der Waals surface area contributed by atoms with Crippen LogP contribution in [0.1, 0.15) is 54.2 Å². The lowest BCUT2D eigenvalue weighted by atomic mass is 9.89. The Kier molecular flexibility index (Phi) is 4.20. The molecule has 4 heteroatoms. The van der Waals surface area contributed by atoms with Gasteiger partial charge in [0.25, 0.3) is 0 Å². The number of ether oxygens (including phenoxy) is 1. The van der Waals surface area contributed by atoms with Crippen LogP contribution in [0.4, 0.5) is 10.1 Å². The van der Waals surface area contributed by atoms with Gasteiger partial charge in [0.2, 0.25) is 5.91 Å². The molecule has 1 fully saturated rings. The van der Waals surface area contributed by atoms with E-state index in [9.17, 15) is 9.18 Å². The van der Waals surface area contributed by atoms with Crippen LogP contribution < -0.4 is 10.1 Å². The second kappa shape index (κ2) is 6.51. The third kappa shape index (κ3) is 3.01. The van der Waals surface area contributed by atoms with Gasteiger partial charge >= 0.3 is 0 Å². The number of hydrogen-bond acceptors (Lipinski definition) is 2. The van der Waals surface area contributed by atoms with Crippen molar-refractivity contribution < 1.29 is 13.9 Å². The fourth-order valence-electron chi connectivity index (χ4n) is 4.20. The number of anilines is 1. The molecule has 0 radical (unpaired) electrons. The third-order valence-corrected chi connectivity index (χ3v) is 5.49. The highest BCUT2D eigenvalue weighted by molar-refractivity contribution is 6.03. The molecule has 4 rings (SSSR count). The molecule has 1 aliphatic heterocycles. The van der Waals surface area contributed by atoms with Crippen molar-refractivity contribution in [2.24, 2.45) is 0 Å². The standard InChI is InChI=1S/C21H22FNO2/c1-25-20-9-6-13(10-16(20)14-4-2-3-5-14)11-18-17-12-15(22)7-8-19(17)23-21(18)24/h6-10,12,14,18H,2-5,11H2,1H3,(H,23,24). The van der Waals surface area contributed by atoms with Crippen LogP contribution in [0.25, 0.3) is 0 Å². The Bertz CT molecular complexity index is 812. The summed E-state index contributed by atoms with van der Waals surface area (Å²) < 4.78 is 19.2. The minimum absolute atomic E-state index is 0.0566. The van der Waals surface area contributed by atoms with Crippen molar-refractivity contribution in [1.29, 1.82) is 0 Å². The van der Waals surface area contributed by atoms with Crippen LogP contribution in [-0.4, -0.2) is 13.0 Å². The minimum Gasteiger partial charge on any atom is -0.496 e. The first kappa shape index (κ1) is 16.1. The van der Waals surface area contributed by atoms with E-state index in [1.54, 1.807) is 13.2 Å². The van der Waals surface area contributed by atoms with Crippen LogP contribution >= 0.6 is 0 Å². The summed E-state index contributed by atoms with van der Waals surface area (Å²) >= 11 is 0. The van der Waals surface area contributed by atoms with Gasteiger partial charge in [-0.15, -0.1) is 0 Å². The van der Waals surface area contributed by atoms with Crippen LogP contribution in [0.15, 0.2) is 36.4 Å². The smallest absolute Gasteiger partial charge is 0.232 e. The number of rotatable bonds is 4. The van der Waals surface area contributed by atoms with E-state index < -0.39 is 0 Å². The van der Waals surface area contributed by atoms with Crippen molar-refractivity contribution in [2.75, 3.05) is 12.4 Å². The molecule has 2 aromatic rings. The average molecular weight is 339 g/mol. The molecular formula is C21H22FNO2. The Labute approximate surface area is 147 Å². The van der Waals surface area contributed by atoms with Crippen molar-refractivity contribution in [3.05, 3.63) is 58.9 Å². The second-order valence-corrected chi connectivity index (χ2v) is 7.04. The molecule has 0 spiro atoms. The van der Waals surface area contributed by atoms with E-state index in [2.05, 4.69) is 11.4 Å². The SMILES string of the molecule is COc1ccc(CC2C(=O)Nc3ccc(F)cc32)cc1C1CCCC1. The number of fused-ring (bicyclic) bond motifs is 1. The Morgan fingerprint density at radius 2 is 1.92 bits per heavy atom. The molecule has 1 N–H and O–H groups in total. The van der Waals surface area contributed by atoms with Gasteiger partial charge in [-0.25, -0.2) is 4.39 Å². The predicted molar refractivity (Wildman–Crippen MR) is 95.7 cm³/mol. The molecule has 0 aromatic heterocycles. The Morgan fingerprint density at radius 1 is 1.12 bits per heavy atom. The van der Waals surface area contributed by atoms with Crippen LogP contribution in [0.3, 0.4) is 0 Å². The molecule has 3 nitrogen and oxygen atoms in total. The predicted octanol–water partition coefficient (Wildman–Crippen LogP) is 4.77. The lowest BCUT2D eigenvalue weighted by molar-refractivity contribution is -0.117. The maximum Gasteiger partial charge on any atom is 0.232 e. The molecule has 1 heterocycles. The molecule has 1 atom stereocenters. The van der Waals surface area contributed by atoms with Gasteiger partial charge in [0, 0.05) is 5.69 Å². The summed E-state index contributed by atoms with van der Waals surface area (Å²) in [6, 6.07) is 10.7. The highest BCUT2D eigenvalue weighted by atomic mass is 19.1. The molecule has 1 saturated carbocycles. The quantitative estimate of drug-likeness (QED) is 0.871. The van der Waals surface area contributed by atoms with Crippen molar-refractivity contribution in [2.45, 2.75) is 43.9 Å². The summed E-state index contributed by atoms with van der Waals surface area (Å²) in [5.74, 6) is 0.769. The molecular weight excluding hydrogens is 317 g/mol. The van der Waals surface area contributed by atoms with E-state index in [0.29, 0.717) is 12.3 Å². The number of methoxy groups -OCH3 is 1. The minimum atomic E-state index is -0.337. The molecule has 2 aliphatic rings. The molecule has 130 valence electrons. The monoisotopic (exact) mass is 339 g/mol. The fraction of sp³-hybridized carbons (Fsp3) is 0.381. The van der Waals surface area contributed by atoms with Gasteiger partial charge in [-0.05, 0) is 66.1 Å². The van der Waals surface area contributed by atoms with Gasteiger partial charge in [-0.2, -0.15) is 0 Å². The summed E-state index contributed by atoms with van der Waals surface area (Å²) in [7, 11) is 1.71. The molecule has 25 heavy (non-hydrogen) atoms. The normalized spacial score (nSPS) is 19.8. The van der Waals surface area contributed by atoms with Crippen LogP contribution in [0.5, 0.6) is 5.75 Å². The van der Waals surface area contributed by atoms with E-state index in [1.807, 2.05) is 12.1 Å². The molecule has 1 unspecified atom stereocenters. The van der Waals surface area contributed by atoms with Crippen LogP contribution in [0.2, 0.25) is 0 Å². The average Bonchev–Trinajstić information content (AvgIpc) is 3.24. The number of benzene rings is 2. The third-order valence-electron chi connectivity index (χ3n) is 5.49. The molecule has 0 bridgehead atoms. The summed E-state index contributed by atoms with van der Waals surface area (Å²) in [5.41, 5.74) is 3.82. The van der Waals surface area contributed by atoms with Gasteiger partial charge in [0.15, 0.2) is 0 Å². The van der Waals surface area contributed by atoms with E-state index >= 15 is 0 Å². The highest BCUT2D eigenvalue weighted by Crippen LogP contribution is 2.40. The lowest BCUT2D eigenvalue weighted by Crippen LogP contribution is -2.14. The Hall–Kier alpha value is -2.36. The fourth-order valence-corrected chi connectivity index (χ4v) is 4.20. The van der Waals surface area contributed by atoms with Crippen molar-refractivity contribution >= 4 is 11.6 Å². The highest BCUT2D eigenvalue weighted by Gasteiger charge is 2.31. The summed E-state index contributed by atoms with van der Waals surface area (Å²) in [6.45, 7) is 0. The van der Waals surface area contributed by atoms with E-state index in [4.69, 9.17) is 4.74 Å². The molecule has 2 aromatic carbocycles. The van der Waals surface area contributed by atoms with Crippen LogP contribution in [0, 0.1) is 5.82 Å². The zero-order valence-corrected chi connectivity index (χ0v) is 14.3. The van der Waals surface area contributed by atoms with E-state index in [1.165, 1.54) is 43.4 Å². The van der Waals surface area contributed by atoms with Gasteiger partial charge in [0.05, 0.1) is 13.0 Å². The maximum atomic E-state index is 13.6. The Morgan fingerprint density at radius 3 is 2.68 bits per heavy atom. The topological polar surface area (TPSA) is 38.3 Å². The zero-order chi connectivity index (χ0) is 17.4. The van der Waals surface area contributed by atoms with E-state index in [0.717, 1.165) is 22.6 Å². The summed E-state index contributed by atoms with van der Waals surface area (Å²) in [4.78, 5) is 12.4. The number of nitrogens with one attached hydrogen (secondary N) is 1. The number of halogens is 1.